The summed E-state index contributed by atoms with van der Waals surface area (Å²) in [4.78, 5) is 0. The zero-order valence-electron chi connectivity index (χ0n) is 9.60. The molecule has 1 aromatic carbocycles. The highest BCUT2D eigenvalue weighted by Gasteiger charge is 2.42. The van der Waals surface area contributed by atoms with Gasteiger partial charge in [-0.3, -0.25) is 0 Å². The van der Waals surface area contributed by atoms with Crippen LogP contribution in [0.5, 0.6) is 0 Å². The number of hydrogen-bond donors (Lipinski definition) is 1. The van der Waals surface area contributed by atoms with Crippen LogP contribution in [0.2, 0.25) is 0 Å². The summed E-state index contributed by atoms with van der Waals surface area (Å²) in [6.07, 6.45) is 0.347. The molecule has 0 bridgehead atoms. The van der Waals surface area contributed by atoms with Crippen LogP contribution >= 0.6 is 0 Å². The zero-order chi connectivity index (χ0) is 12.5. The van der Waals surface area contributed by atoms with Gasteiger partial charge in [0.05, 0.1) is 17.6 Å². The molecule has 1 atom stereocenters. The molecule has 0 saturated carbocycles. The first-order valence-corrected chi connectivity index (χ1v) is 7.23. The van der Waals surface area contributed by atoms with Crippen molar-refractivity contribution in [3.05, 3.63) is 29.8 Å². The number of benzene rings is 1. The van der Waals surface area contributed by atoms with Gasteiger partial charge in [-0.1, -0.05) is 12.1 Å². The zero-order valence-corrected chi connectivity index (χ0v) is 10.4. The topological polar surface area (TPSA) is 70.0 Å². The Hall–Kier alpha value is -1.54. The molecule has 17 heavy (non-hydrogen) atoms. The van der Waals surface area contributed by atoms with E-state index in [1.165, 1.54) is 0 Å². The smallest absolute Gasteiger partial charge is 0.153 e. The molecule has 2 rings (SSSR count). The van der Waals surface area contributed by atoms with E-state index in [1.54, 1.807) is 0 Å². The number of anilines is 1. The van der Waals surface area contributed by atoms with Gasteiger partial charge < -0.3 is 5.32 Å². The summed E-state index contributed by atoms with van der Waals surface area (Å²) < 4.78 is 22.9. The lowest BCUT2D eigenvalue weighted by Gasteiger charge is -2.22. The Labute approximate surface area is 101 Å². The Bertz CT molecular complexity index is 574. The molecule has 1 aliphatic rings. The molecule has 0 aromatic heterocycles. The van der Waals surface area contributed by atoms with E-state index < -0.39 is 15.4 Å². The van der Waals surface area contributed by atoms with E-state index in [1.807, 2.05) is 31.2 Å². The molecule has 1 aromatic rings. The van der Waals surface area contributed by atoms with E-state index in [0.717, 1.165) is 11.3 Å². The Kier molecular flexibility index (Phi) is 2.84. The molecular formula is C12H14N2O2S. The number of nitrogens with one attached hydrogen (secondary N) is 1. The van der Waals surface area contributed by atoms with Crippen LogP contribution in [-0.4, -0.2) is 25.5 Å². The van der Waals surface area contributed by atoms with Crippen LogP contribution in [0.1, 0.15) is 12.0 Å². The minimum Gasteiger partial charge on any atom is -0.367 e. The van der Waals surface area contributed by atoms with Gasteiger partial charge in [0, 0.05) is 5.69 Å². The van der Waals surface area contributed by atoms with Gasteiger partial charge in [-0.05, 0) is 31.0 Å². The maximum Gasteiger partial charge on any atom is 0.153 e. The molecule has 1 fully saturated rings. The van der Waals surface area contributed by atoms with Gasteiger partial charge in [-0.2, -0.15) is 5.26 Å². The Morgan fingerprint density at radius 1 is 1.47 bits per heavy atom. The molecule has 1 N–H and O–H groups in total. The van der Waals surface area contributed by atoms with Crippen LogP contribution in [0, 0.1) is 18.3 Å². The third-order valence-electron chi connectivity index (χ3n) is 2.92. The van der Waals surface area contributed by atoms with Crippen LogP contribution < -0.4 is 5.32 Å². The van der Waals surface area contributed by atoms with Gasteiger partial charge in [-0.25, -0.2) is 8.42 Å². The van der Waals surface area contributed by atoms with Crippen LogP contribution in [0.15, 0.2) is 24.3 Å². The monoisotopic (exact) mass is 250 g/mol. The molecule has 90 valence electrons. The second kappa shape index (κ2) is 4.04. The number of sulfone groups is 1. The summed E-state index contributed by atoms with van der Waals surface area (Å²) in [7, 11) is -3.08. The maximum atomic E-state index is 11.5. The molecule has 0 radical (unpaired) electrons. The average molecular weight is 250 g/mol. The second-order valence-corrected chi connectivity index (χ2v) is 6.71. The third-order valence-corrected chi connectivity index (χ3v) is 4.68. The highest BCUT2D eigenvalue weighted by atomic mass is 32.2. The van der Waals surface area contributed by atoms with Crippen LogP contribution in [0.3, 0.4) is 0 Å². The first kappa shape index (κ1) is 11.9. The number of nitriles is 1. The van der Waals surface area contributed by atoms with E-state index in [2.05, 4.69) is 11.4 Å². The lowest BCUT2D eigenvalue weighted by Crippen LogP contribution is -2.37. The molecule has 0 amide bonds. The average Bonchev–Trinajstić information content (AvgIpc) is 2.55. The van der Waals surface area contributed by atoms with Gasteiger partial charge in [0.15, 0.2) is 9.84 Å². The summed E-state index contributed by atoms with van der Waals surface area (Å²) in [6, 6.07) is 9.70. The molecule has 0 aliphatic carbocycles. The minimum atomic E-state index is -3.08. The van der Waals surface area contributed by atoms with Crippen LogP contribution in [0.4, 0.5) is 5.69 Å². The van der Waals surface area contributed by atoms with Crippen LogP contribution in [0.25, 0.3) is 0 Å². The van der Waals surface area contributed by atoms with Crippen molar-refractivity contribution in [3.63, 3.8) is 0 Å². The van der Waals surface area contributed by atoms with Gasteiger partial charge >= 0.3 is 0 Å². The maximum absolute atomic E-state index is 11.5. The summed E-state index contributed by atoms with van der Waals surface area (Å²) in [5, 5.41) is 12.3. The van der Waals surface area contributed by atoms with Gasteiger partial charge in [0.2, 0.25) is 0 Å². The fourth-order valence-electron chi connectivity index (χ4n) is 2.06. The largest absolute Gasteiger partial charge is 0.367 e. The molecule has 0 spiro atoms. The highest BCUT2D eigenvalue weighted by Crippen LogP contribution is 2.27. The first-order chi connectivity index (χ1) is 7.95. The Balaban J connectivity index is 2.26. The molecular weight excluding hydrogens is 236 g/mol. The summed E-state index contributed by atoms with van der Waals surface area (Å²) in [5.74, 6) is -0.0240. The molecule has 1 heterocycles. The van der Waals surface area contributed by atoms with Crippen molar-refractivity contribution in [2.24, 2.45) is 0 Å². The Morgan fingerprint density at radius 3 is 2.76 bits per heavy atom. The van der Waals surface area contributed by atoms with Crippen LogP contribution in [-0.2, 0) is 9.84 Å². The minimum absolute atomic E-state index is 0.0827. The van der Waals surface area contributed by atoms with Crippen molar-refractivity contribution < 1.29 is 8.42 Å². The van der Waals surface area contributed by atoms with Gasteiger partial charge in [0.25, 0.3) is 0 Å². The van der Waals surface area contributed by atoms with Crippen molar-refractivity contribution in [2.45, 2.75) is 18.9 Å². The van der Waals surface area contributed by atoms with E-state index in [4.69, 9.17) is 0 Å². The van der Waals surface area contributed by atoms with Crippen molar-refractivity contribution in [2.75, 3.05) is 16.8 Å². The van der Waals surface area contributed by atoms with Crippen molar-refractivity contribution in [3.8, 4) is 6.07 Å². The Morgan fingerprint density at radius 2 is 2.24 bits per heavy atom. The van der Waals surface area contributed by atoms with Gasteiger partial charge in [0.1, 0.15) is 5.54 Å². The molecule has 1 saturated heterocycles. The van der Waals surface area contributed by atoms with Crippen molar-refractivity contribution >= 4 is 15.5 Å². The normalized spacial score (nSPS) is 26.4. The SMILES string of the molecule is Cc1cccc(NC2(C#N)CCS(=O)(=O)C2)c1. The fourth-order valence-corrected chi connectivity index (χ4v) is 3.90. The van der Waals surface area contributed by atoms with Crippen molar-refractivity contribution in [1.29, 1.82) is 5.26 Å². The molecule has 5 heteroatoms. The number of aryl methyl sites for hydroxylation is 1. The van der Waals surface area contributed by atoms with Crippen molar-refractivity contribution in [1.82, 2.24) is 0 Å². The highest BCUT2D eigenvalue weighted by molar-refractivity contribution is 7.91. The molecule has 4 nitrogen and oxygen atoms in total. The summed E-state index contributed by atoms with van der Waals surface area (Å²) >= 11 is 0. The lowest BCUT2D eigenvalue weighted by atomic mass is 10.0. The third kappa shape index (κ3) is 2.59. The fraction of sp³-hybridized carbons (Fsp3) is 0.417. The van der Waals surface area contributed by atoms with E-state index in [0.29, 0.717) is 6.42 Å². The molecule has 1 unspecified atom stereocenters. The van der Waals surface area contributed by atoms with E-state index in [9.17, 15) is 13.7 Å². The van der Waals surface area contributed by atoms with E-state index in [-0.39, 0.29) is 11.5 Å². The summed E-state index contributed by atoms with van der Waals surface area (Å²) in [5.41, 5.74) is 0.902. The lowest BCUT2D eigenvalue weighted by molar-refractivity contribution is 0.599. The number of nitrogens with zero attached hydrogens (tertiary/aromatic N) is 1. The molecule has 1 aliphatic heterocycles. The second-order valence-electron chi connectivity index (χ2n) is 4.53. The standard InChI is InChI=1S/C12H14N2O2S/c1-10-3-2-4-11(7-10)14-12(8-13)5-6-17(15,16)9-12/h2-4,7,14H,5-6,9H2,1H3. The summed E-state index contributed by atoms with van der Waals surface area (Å²) in [6.45, 7) is 1.95. The quantitative estimate of drug-likeness (QED) is 0.863. The van der Waals surface area contributed by atoms with E-state index >= 15 is 0 Å². The predicted molar refractivity (Wildman–Crippen MR) is 66.4 cm³/mol. The predicted octanol–water partition coefficient (Wildman–Crippen LogP) is 1.49. The van der Waals surface area contributed by atoms with Gasteiger partial charge in [-0.15, -0.1) is 0 Å². The number of rotatable bonds is 2. The first-order valence-electron chi connectivity index (χ1n) is 5.41. The number of hydrogen-bond acceptors (Lipinski definition) is 4.